The molecule has 0 amide bonds. The minimum absolute atomic E-state index is 0.0307. The summed E-state index contributed by atoms with van der Waals surface area (Å²) >= 11 is 0. The molecule has 3 nitrogen and oxygen atoms in total. The maximum absolute atomic E-state index is 11.5. The highest BCUT2D eigenvalue weighted by molar-refractivity contribution is 5.66. The van der Waals surface area contributed by atoms with E-state index < -0.39 is 5.60 Å². The van der Waals surface area contributed by atoms with Crippen LogP contribution in [0.2, 0.25) is 0 Å². The topological polar surface area (TPSA) is 46.5 Å². The number of ether oxygens (including phenoxy) is 1. The van der Waals surface area contributed by atoms with Crippen molar-refractivity contribution in [3.63, 3.8) is 0 Å². The van der Waals surface area contributed by atoms with E-state index in [4.69, 9.17) is 4.74 Å². The van der Waals surface area contributed by atoms with Crippen molar-refractivity contribution in [2.75, 3.05) is 0 Å². The van der Waals surface area contributed by atoms with Gasteiger partial charge in [-0.25, -0.2) is 0 Å². The molecule has 140 valence electrons. The van der Waals surface area contributed by atoms with Crippen molar-refractivity contribution in [3.05, 3.63) is 23.3 Å². The van der Waals surface area contributed by atoms with E-state index in [2.05, 4.69) is 46.8 Å². The van der Waals surface area contributed by atoms with E-state index in [1.807, 2.05) is 0 Å². The molecule has 3 fully saturated rings. The number of hydrogen-bond acceptors (Lipinski definition) is 3. The van der Waals surface area contributed by atoms with E-state index in [0.717, 1.165) is 12.8 Å². The van der Waals surface area contributed by atoms with Crippen LogP contribution in [0.3, 0.4) is 0 Å². The van der Waals surface area contributed by atoms with Crippen LogP contribution < -0.4 is 0 Å². The van der Waals surface area contributed by atoms with Gasteiger partial charge in [-0.1, -0.05) is 37.1 Å². The molecular formula is C22H34O3. The smallest absolute Gasteiger partial charge is 0.302 e. The first-order valence-electron chi connectivity index (χ1n) is 9.81. The van der Waals surface area contributed by atoms with Gasteiger partial charge in [0.05, 0.1) is 5.60 Å². The fourth-order valence-electron chi connectivity index (χ4n) is 6.34. The monoisotopic (exact) mass is 346 g/mol. The average Bonchev–Trinajstić information content (AvgIpc) is 2.92. The highest BCUT2D eigenvalue weighted by atomic mass is 16.5. The number of allylic oxidation sites excluding steroid dienone is 4. The SMILES string of the molecule is CC(=O)O[C@H]1C[C@@]2(O)[C@@H]([C@@H]1C)[C@@H]1[C@H](/C(C)=C\CC=C(C)C)CC[C@@]12C. The number of esters is 1. The molecular weight excluding hydrogens is 312 g/mol. The summed E-state index contributed by atoms with van der Waals surface area (Å²) in [5.41, 5.74) is 2.13. The van der Waals surface area contributed by atoms with E-state index in [9.17, 15) is 9.90 Å². The Morgan fingerprint density at radius 1 is 1.20 bits per heavy atom. The van der Waals surface area contributed by atoms with Gasteiger partial charge in [0, 0.05) is 18.8 Å². The molecule has 3 rings (SSSR count). The summed E-state index contributed by atoms with van der Waals surface area (Å²) in [6.45, 7) is 12.4. The van der Waals surface area contributed by atoms with Gasteiger partial charge in [-0.15, -0.1) is 0 Å². The second kappa shape index (κ2) is 6.26. The first-order chi connectivity index (χ1) is 11.6. The van der Waals surface area contributed by atoms with Crippen LogP contribution in [0.5, 0.6) is 0 Å². The van der Waals surface area contributed by atoms with E-state index in [-0.39, 0.29) is 29.3 Å². The van der Waals surface area contributed by atoms with Crippen LogP contribution in [0.4, 0.5) is 0 Å². The lowest BCUT2D eigenvalue weighted by Gasteiger charge is -2.63. The molecule has 3 aliphatic rings. The summed E-state index contributed by atoms with van der Waals surface area (Å²) in [4.78, 5) is 11.4. The third-order valence-electron chi connectivity index (χ3n) is 7.60. The first kappa shape index (κ1) is 18.7. The van der Waals surface area contributed by atoms with Gasteiger partial charge >= 0.3 is 5.97 Å². The summed E-state index contributed by atoms with van der Waals surface area (Å²) in [5, 5.41) is 11.5. The third-order valence-corrected chi connectivity index (χ3v) is 7.60. The summed E-state index contributed by atoms with van der Waals surface area (Å²) in [6, 6.07) is 0. The summed E-state index contributed by atoms with van der Waals surface area (Å²) in [7, 11) is 0. The Labute approximate surface area is 152 Å². The predicted octanol–water partition coefficient (Wildman–Crippen LogP) is 4.65. The maximum Gasteiger partial charge on any atom is 0.302 e. The van der Waals surface area contributed by atoms with E-state index in [1.165, 1.54) is 24.5 Å². The van der Waals surface area contributed by atoms with Gasteiger partial charge in [0.1, 0.15) is 6.10 Å². The summed E-state index contributed by atoms with van der Waals surface area (Å²) < 4.78 is 5.55. The number of fused-ring (bicyclic) bond motifs is 4. The normalized spacial score (nSPS) is 45.4. The van der Waals surface area contributed by atoms with Crippen molar-refractivity contribution < 1.29 is 14.6 Å². The fourth-order valence-corrected chi connectivity index (χ4v) is 6.34. The van der Waals surface area contributed by atoms with Gasteiger partial charge in [0.2, 0.25) is 0 Å². The number of carbonyl (C=O) groups is 1. The van der Waals surface area contributed by atoms with Crippen LogP contribution in [0.15, 0.2) is 23.3 Å². The van der Waals surface area contributed by atoms with Crippen molar-refractivity contribution in [2.24, 2.45) is 29.1 Å². The molecule has 0 aliphatic heterocycles. The van der Waals surface area contributed by atoms with E-state index >= 15 is 0 Å². The minimum Gasteiger partial charge on any atom is -0.462 e. The highest BCUT2D eigenvalue weighted by Crippen LogP contribution is 2.75. The molecule has 7 atom stereocenters. The van der Waals surface area contributed by atoms with Crippen molar-refractivity contribution in [2.45, 2.75) is 78.9 Å². The third kappa shape index (κ3) is 2.70. The van der Waals surface area contributed by atoms with Gasteiger partial charge in [0.15, 0.2) is 0 Å². The summed E-state index contributed by atoms with van der Waals surface area (Å²) in [6.07, 6.45) is 8.34. The highest BCUT2D eigenvalue weighted by Gasteiger charge is 2.77. The Morgan fingerprint density at radius 2 is 1.88 bits per heavy atom. The number of rotatable bonds is 4. The molecule has 3 aliphatic carbocycles. The summed E-state index contributed by atoms with van der Waals surface area (Å²) in [5.74, 6) is 1.32. The van der Waals surface area contributed by atoms with Crippen molar-refractivity contribution in [3.8, 4) is 0 Å². The van der Waals surface area contributed by atoms with Crippen molar-refractivity contribution in [1.82, 2.24) is 0 Å². The Bertz CT molecular complexity index is 615. The van der Waals surface area contributed by atoms with Crippen LogP contribution in [-0.2, 0) is 9.53 Å². The lowest BCUT2D eigenvalue weighted by atomic mass is 9.44. The zero-order valence-corrected chi connectivity index (χ0v) is 16.6. The minimum atomic E-state index is -0.661. The van der Waals surface area contributed by atoms with Crippen LogP contribution in [0.25, 0.3) is 0 Å². The lowest BCUT2D eigenvalue weighted by molar-refractivity contribution is -0.241. The molecule has 0 heterocycles. The first-order valence-corrected chi connectivity index (χ1v) is 9.81. The molecule has 0 aromatic rings. The van der Waals surface area contributed by atoms with Gasteiger partial charge in [-0.2, -0.15) is 0 Å². The van der Waals surface area contributed by atoms with Gasteiger partial charge in [-0.3, -0.25) is 4.79 Å². The van der Waals surface area contributed by atoms with Gasteiger partial charge in [0.25, 0.3) is 0 Å². The molecule has 0 spiro atoms. The Balaban J connectivity index is 1.81. The molecule has 3 saturated carbocycles. The van der Waals surface area contributed by atoms with Crippen molar-refractivity contribution >= 4 is 5.97 Å². The molecule has 25 heavy (non-hydrogen) atoms. The zero-order chi connectivity index (χ0) is 18.6. The zero-order valence-electron chi connectivity index (χ0n) is 16.6. The second-order valence-electron chi connectivity index (χ2n) is 9.21. The molecule has 0 radical (unpaired) electrons. The number of hydrogen-bond donors (Lipinski definition) is 1. The Hall–Kier alpha value is -1.09. The van der Waals surface area contributed by atoms with Crippen LogP contribution >= 0.6 is 0 Å². The van der Waals surface area contributed by atoms with Gasteiger partial charge in [-0.05, 0) is 63.7 Å². The van der Waals surface area contributed by atoms with Crippen LogP contribution in [0.1, 0.15) is 67.2 Å². The molecule has 3 heteroatoms. The average molecular weight is 347 g/mol. The molecule has 0 aromatic heterocycles. The predicted molar refractivity (Wildman–Crippen MR) is 99.9 cm³/mol. The maximum atomic E-state index is 11.5. The number of aliphatic hydroxyl groups is 1. The lowest BCUT2D eigenvalue weighted by Crippen LogP contribution is -2.67. The number of carbonyl (C=O) groups excluding carboxylic acids is 1. The van der Waals surface area contributed by atoms with Crippen molar-refractivity contribution in [1.29, 1.82) is 0 Å². The standard InChI is InChI=1S/C22H34O3/c1-13(2)8-7-9-14(3)17-10-11-21(6)20(17)19-15(4)18(25-16(5)23)12-22(19,21)24/h8-9,15,17-20,24H,7,10-12H2,1-6H3/b14-9-/t15-,17+,18+,19+,20+,21+,22-/m1/s1. The molecule has 0 aromatic carbocycles. The van der Waals surface area contributed by atoms with E-state index in [0.29, 0.717) is 18.3 Å². The fraction of sp³-hybridized carbons (Fsp3) is 0.773. The Kier molecular flexibility index (Phi) is 4.68. The largest absolute Gasteiger partial charge is 0.462 e. The molecule has 1 N–H and O–H groups in total. The van der Waals surface area contributed by atoms with Crippen LogP contribution in [-0.4, -0.2) is 22.8 Å². The van der Waals surface area contributed by atoms with Crippen LogP contribution in [0, 0.1) is 29.1 Å². The second-order valence-corrected chi connectivity index (χ2v) is 9.21. The quantitative estimate of drug-likeness (QED) is 0.595. The van der Waals surface area contributed by atoms with E-state index in [1.54, 1.807) is 0 Å². The van der Waals surface area contributed by atoms with Gasteiger partial charge < -0.3 is 9.84 Å². The molecule has 0 unspecified atom stereocenters. The molecule has 0 bridgehead atoms. The Morgan fingerprint density at radius 3 is 2.48 bits per heavy atom. The molecule has 0 saturated heterocycles.